The van der Waals surface area contributed by atoms with Crippen LogP contribution in [0.4, 0.5) is 11.4 Å². The van der Waals surface area contributed by atoms with Crippen LogP contribution >= 0.6 is 0 Å². The molecule has 6 heteroatoms. The molecule has 0 saturated heterocycles. The van der Waals surface area contributed by atoms with Crippen molar-refractivity contribution in [2.75, 3.05) is 17.4 Å². The van der Waals surface area contributed by atoms with Gasteiger partial charge in [0, 0.05) is 24.7 Å². The highest BCUT2D eigenvalue weighted by Crippen LogP contribution is 2.35. The van der Waals surface area contributed by atoms with E-state index >= 15 is 0 Å². The van der Waals surface area contributed by atoms with Gasteiger partial charge in [-0.05, 0) is 42.0 Å². The minimum atomic E-state index is -0.248. The average Bonchev–Trinajstić information content (AvgIpc) is 3.26. The third-order valence-electron chi connectivity index (χ3n) is 5.01. The van der Waals surface area contributed by atoms with E-state index < -0.39 is 0 Å². The second kappa shape index (κ2) is 8.61. The lowest BCUT2D eigenvalue weighted by Gasteiger charge is -2.23. The third kappa shape index (κ3) is 4.07. The van der Waals surface area contributed by atoms with Gasteiger partial charge in [0.2, 0.25) is 0 Å². The van der Waals surface area contributed by atoms with E-state index in [4.69, 9.17) is 0 Å². The lowest BCUT2D eigenvalue weighted by atomic mass is 10.0. The predicted molar refractivity (Wildman–Crippen MR) is 119 cm³/mol. The maximum absolute atomic E-state index is 12.9. The molecule has 0 aromatic heterocycles. The summed E-state index contributed by atoms with van der Waals surface area (Å²) in [6.07, 6.45) is 0.501. The van der Waals surface area contributed by atoms with Gasteiger partial charge in [0.25, 0.3) is 11.8 Å². The van der Waals surface area contributed by atoms with Crippen LogP contribution < -0.4 is 15.6 Å². The van der Waals surface area contributed by atoms with Gasteiger partial charge in [-0.2, -0.15) is 5.10 Å². The zero-order valence-corrected chi connectivity index (χ0v) is 16.6. The number of anilines is 2. The SMILES string of the molecule is CNC(=O)c1ccc(NC(=O)C2=NN(c3ccccc3)[C@H](c3ccccc3)C2)cc1. The highest BCUT2D eigenvalue weighted by Gasteiger charge is 2.32. The van der Waals surface area contributed by atoms with Gasteiger partial charge >= 0.3 is 0 Å². The largest absolute Gasteiger partial charge is 0.355 e. The number of para-hydroxylation sites is 1. The van der Waals surface area contributed by atoms with Crippen molar-refractivity contribution >= 4 is 28.9 Å². The molecule has 2 amide bonds. The number of benzene rings is 3. The normalized spacial score (nSPS) is 15.4. The lowest BCUT2D eigenvalue weighted by molar-refractivity contribution is -0.110. The first-order chi connectivity index (χ1) is 14.7. The van der Waals surface area contributed by atoms with Crippen molar-refractivity contribution in [1.82, 2.24) is 5.32 Å². The van der Waals surface area contributed by atoms with Crippen LogP contribution in [0.15, 0.2) is 90.0 Å². The molecule has 0 radical (unpaired) electrons. The number of rotatable bonds is 5. The molecule has 2 N–H and O–H groups in total. The quantitative estimate of drug-likeness (QED) is 0.682. The minimum absolute atomic E-state index is 0.0509. The summed E-state index contributed by atoms with van der Waals surface area (Å²) in [7, 11) is 1.58. The van der Waals surface area contributed by atoms with Crippen molar-refractivity contribution in [3.05, 3.63) is 96.1 Å². The van der Waals surface area contributed by atoms with Gasteiger partial charge in [0.05, 0.1) is 11.7 Å². The monoisotopic (exact) mass is 398 g/mol. The molecule has 3 aromatic rings. The number of nitrogens with zero attached hydrogens (tertiary/aromatic N) is 2. The number of carbonyl (C=O) groups excluding carboxylic acids is 2. The van der Waals surface area contributed by atoms with Gasteiger partial charge < -0.3 is 10.6 Å². The molecule has 6 nitrogen and oxygen atoms in total. The van der Waals surface area contributed by atoms with Crippen molar-refractivity contribution in [1.29, 1.82) is 0 Å². The molecule has 30 heavy (non-hydrogen) atoms. The first-order valence-electron chi connectivity index (χ1n) is 9.76. The molecule has 0 fully saturated rings. The van der Waals surface area contributed by atoms with Crippen molar-refractivity contribution in [2.45, 2.75) is 12.5 Å². The molecule has 1 aliphatic rings. The number of carbonyl (C=O) groups is 2. The van der Waals surface area contributed by atoms with Crippen LogP contribution in [-0.4, -0.2) is 24.6 Å². The van der Waals surface area contributed by atoms with Crippen molar-refractivity contribution in [3.63, 3.8) is 0 Å². The van der Waals surface area contributed by atoms with E-state index in [-0.39, 0.29) is 17.9 Å². The maximum Gasteiger partial charge on any atom is 0.271 e. The topological polar surface area (TPSA) is 73.8 Å². The number of amides is 2. The summed E-state index contributed by atoms with van der Waals surface area (Å²) < 4.78 is 0. The highest BCUT2D eigenvalue weighted by molar-refractivity contribution is 6.43. The van der Waals surface area contributed by atoms with Crippen LogP contribution in [-0.2, 0) is 4.79 Å². The molecule has 1 heterocycles. The first-order valence-corrected chi connectivity index (χ1v) is 9.76. The standard InChI is InChI=1S/C24H22N4O2/c1-25-23(29)18-12-14-19(15-13-18)26-24(30)21-16-22(17-8-4-2-5-9-17)28(27-21)20-10-6-3-7-11-20/h2-15,22H,16H2,1H3,(H,25,29)(H,26,30)/t22-/m0/s1. The zero-order valence-electron chi connectivity index (χ0n) is 16.6. The Morgan fingerprint density at radius 1 is 0.867 bits per heavy atom. The van der Waals surface area contributed by atoms with E-state index in [1.54, 1.807) is 31.3 Å². The van der Waals surface area contributed by atoms with E-state index in [1.807, 2.05) is 53.5 Å². The maximum atomic E-state index is 12.9. The van der Waals surface area contributed by atoms with E-state index in [2.05, 4.69) is 27.9 Å². The molecule has 0 spiro atoms. The van der Waals surface area contributed by atoms with Crippen molar-refractivity contribution in [3.8, 4) is 0 Å². The Hall–Kier alpha value is -3.93. The molecular weight excluding hydrogens is 376 g/mol. The molecule has 0 aliphatic carbocycles. The molecular formula is C24H22N4O2. The number of hydrazone groups is 1. The van der Waals surface area contributed by atoms with Crippen LogP contribution in [0.2, 0.25) is 0 Å². The van der Waals surface area contributed by atoms with Gasteiger partial charge in [0.1, 0.15) is 5.71 Å². The van der Waals surface area contributed by atoms with E-state index in [0.717, 1.165) is 11.3 Å². The smallest absolute Gasteiger partial charge is 0.271 e. The fourth-order valence-electron chi connectivity index (χ4n) is 3.45. The van der Waals surface area contributed by atoms with Crippen LogP contribution in [0.25, 0.3) is 0 Å². The van der Waals surface area contributed by atoms with Gasteiger partial charge in [0.15, 0.2) is 0 Å². The third-order valence-corrected chi connectivity index (χ3v) is 5.01. The summed E-state index contributed by atoms with van der Waals surface area (Å²) in [5, 5.41) is 12.0. The van der Waals surface area contributed by atoms with Crippen LogP contribution in [0.3, 0.4) is 0 Å². The average molecular weight is 398 g/mol. The first kappa shape index (κ1) is 19.4. The van der Waals surface area contributed by atoms with Gasteiger partial charge in [-0.3, -0.25) is 14.6 Å². The van der Waals surface area contributed by atoms with Crippen LogP contribution in [0.5, 0.6) is 0 Å². The van der Waals surface area contributed by atoms with Crippen LogP contribution in [0.1, 0.15) is 28.4 Å². The molecule has 4 rings (SSSR count). The molecule has 0 unspecified atom stereocenters. The highest BCUT2D eigenvalue weighted by atomic mass is 16.2. The van der Waals surface area contributed by atoms with Gasteiger partial charge in [-0.15, -0.1) is 0 Å². The summed E-state index contributed by atoms with van der Waals surface area (Å²) in [6.45, 7) is 0. The molecule has 1 atom stereocenters. The van der Waals surface area contributed by atoms with Crippen LogP contribution in [0, 0.1) is 0 Å². The second-order valence-corrected chi connectivity index (χ2v) is 6.97. The Kier molecular flexibility index (Phi) is 5.57. The van der Waals surface area contributed by atoms with E-state index in [0.29, 0.717) is 23.4 Å². The Morgan fingerprint density at radius 3 is 2.13 bits per heavy atom. The summed E-state index contributed by atoms with van der Waals surface area (Å²) in [5.74, 6) is -0.417. The molecule has 0 bridgehead atoms. The second-order valence-electron chi connectivity index (χ2n) is 6.97. The summed E-state index contributed by atoms with van der Waals surface area (Å²) in [5.41, 5.74) is 3.65. The summed E-state index contributed by atoms with van der Waals surface area (Å²) >= 11 is 0. The van der Waals surface area contributed by atoms with Crippen molar-refractivity contribution < 1.29 is 9.59 Å². The number of hydrogen-bond acceptors (Lipinski definition) is 4. The Morgan fingerprint density at radius 2 is 1.50 bits per heavy atom. The van der Waals surface area contributed by atoms with E-state index in [9.17, 15) is 9.59 Å². The van der Waals surface area contributed by atoms with Gasteiger partial charge in [-0.25, -0.2) is 0 Å². The molecule has 150 valence electrons. The minimum Gasteiger partial charge on any atom is -0.355 e. The fourth-order valence-corrected chi connectivity index (χ4v) is 3.45. The molecule has 0 saturated carbocycles. The zero-order chi connectivity index (χ0) is 20.9. The number of hydrogen-bond donors (Lipinski definition) is 2. The Balaban J connectivity index is 1.56. The van der Waals surface area contributed by atoms with E-state index in [1.165, 1.54) is 0 Å². The van der Waals surface area contributed by atoms with Gasteiger partial charge in [-0.1, -0.05) is 48.5 Å². The Bertz CT molecular complexity index is 1060. The van der Waals surface area contributed by atoms with Crippen molar-refractivity contribution in [2.24, 2.45) is 5.10 Å². The lowest BCUT2D eigenvalue weighted by Crippen LogP contribution is -2.22. The summed E-state index contributed by atoms with van der Waals surface area (Å²) in [4.78, 5) is 24.6. The summed E-state index contributed by atoms with van der Waals surface area (Å²) in [6, 6.07) is 26.6. The fraction of sp³-hybridized carbons (Fsp3) is 0.125. The predicted octanol–water partition coefficient (Wildman–Crippen LogP) is 3.99. The molecule has 1 aliphatic heterocycles. The number of nitrogens with one attached hydrogen (secondary N) is 2. The molecule has 3 aromatic carbocycles. The Labute approximate surface area is 175 Å².